The first-order valence-corrected chi connectivity index (χ1v) is 7.97. The Kier molecular flexibility index (Phi) is 5.90. The molecule has 1 aliphatic rings. The summed E-state index contributed by atoms with van der Waals surface area (Å²) in [5.74, 6) is 0.266. The van der Waals surface area contributed by atoms with Gasteiger partial charge in [-0.05, 0) is 41.7 Å². The molecule has 0 saturated heterocycles. The molecule has 0 heterocycles. The highest BCUT2D eigenvalue weighted by atomic mass is 35.5. The van der Waals surface area contributed by atoms with Crippen molar-refractivity contribution in [3.8, 4) is 0 Å². The minimum absolute atomic E-state index is 0. The summed E-state index contributed by atoms with van der Waals surface area (Å²) in [5.41, 5.74) is 3.54. The third kappa shape index (κ3) is 3.47. The van der Waals surface area contributed by atoms with E-state index in [4.69, 9.17) is 23.2 Å². The molecule has 0 saturated carbocycles. The third-order valence-electron chi connectivity index (χ3n) is 4.39. The van der Waals surface area contributed by atoms with Gasteiger partial charge in [-0.1, -0.05) is 53.5 Å². The molecular weight excluding hydrogens is 355 g/mol. The average molecular weight is 372 g/mol. The lowest BCUT2D eigenvalue weighted by Gasteiger charge is -2.34. The summed E-state index contributed by atoms with van der Waals surface area (Å²) in [6.07, 6.45) is 1.82. The number of rotatable bonds is 3. The molecule has 1 aliphatic carbocycles. The highest BCUT2D eigenvalue weighted by Crippen LogP contribution is 2.44. The first-order chi connectivity index (χ1) is 10.6. The lowest BCUT2D eigenvalue weighted by Crippen LogP contribution is -2.25. The number of nitrogens with zero attached hydrogens (tertiary/aromatic N) is 2. The second-order valence-electron chi connectivity index (χ2n) is 5.60. The van der Waals surface area contributed by atoms with Gasteiger partial charge >= 0.3 is 0 Å². The van der Waals surface area contributed by atoms with Gasteiger partial charge in [0, 0.05) is 13.0 Å². The van der Waals surface area contributed by atoms with Crippen LogP contribution in [0.2, 0.25) is 10.0 Å². The van der Waals surface area contributed by atoms with Crippen LogP contribution in [0.15, 0.2) is 47.8 Å². The van der Waals surface area contributed by atoms with Crippen molar-refractivity contribution in [1.29, 1.82) is 0 Å². The topological polar surface area (TPSA) is 32.7 Å². The minimum atomic E-state index is 0. The molecule has 0 bridgehead atoms. The maximum absolute atomic E-state index is 10.9. The zero-order chi connectivity index (χ0) is 15.7. The van der Waals surface area contributed by atoms with Gasteiger partial charge in [-0.2, -0.15) is 0 Å². The fourth-order valence-electron chi connectivity index (χ4n) is 3.29. The first kappa shape index (κ1) is 18.1. The van der Waals surface area contributed by atoms with E-state index in [9.17, 15) is 4.91 Å². The summed E-state index contributed by atoms with van der Waals surface area (Å²) in [5, 5.41) is 5.72. The molecule has 0 radical (unpaired) electrons. The Bertz CT molecular complexity index is 708. The van der Waals surface area contributed by atoms with Crippen LogP contribution in [0.3, 0.4) is 0 Å². The van der Waals surface area contributed by atoms with Gasteiger partial charge < -0.3 is 0 Å². The summed E-state index contributed by atoms with van der Waals surface area (Å²) in [6, 6.07) is 14.1. The molecule has 3 rings (SSSR count). The summed E-state index contributed by atoms with van der Waals surface area (Å²) in [6.45, 7) is 0. The van der Waals surface area contributed by atoms with E-state index in [0.29, 0.717) is 10.0 Å². The van der Waals surface area contributed by atoms with E-state index in [-0.39, 0.29) is 24.4 Å². The number of halogens is 3. The molecule has 23 heavy (non-hydrogen) atoms. The molecule has 6 heteroatoms. The normalized spacial score (nSPS) is 19.4. The van der Waals surface area contributed by atoms with Crippen LogP contribution < -0.4 is 0 Å². The zero-order valence-electron chi connectivity index (χ0n) is 12.6. The second-order valence-corrected chi connectivity index (χ2v) is 6.42. The van der Waals surface area contributed by atoms with Crippen LogP contribution in [0.1, 0.15) is 41.5 Å². The lowest BCUT2D eigenvalue weighted by molar-refractivity contribution is 0.223. The lowest BCUT2D eigenvalue weighted by atomic mass is 9.76. The highest BCUT2D eigenvalue weighted by molar-refractivity contribution is 6.42. The van der Waals surface area contributed by atoms with Crippen molar-refractivity contribution in [2.45, 2.75) is 24.8 Å². The zero-order valence-corrected chi connectivity index (χ0v) is 14.9. The molecule has 0 aliphatic heterocycles. The predicted molar refractivity (Wildman–Crippen MR) is 97.5 cm³/mol. The number of nitroso groups, excluding NO2 is 1. The molecule has 0 spiro atoms. The summed E-state index contributed by atoms with van der Waals surface area (Å²) in [4.78, 5) is 10.9. The van der Waals surface area contributed by atoms with E-state index in [1.54, 1.807) is 7.05 Å². The first-order valence-electron chi connectivity index (χ1n) is 7.21. The average Bonchev–Trinajstić information content (AvgIpc) is 2.55. The predicted octanol–water partition coefficient (Wildman–Crippen LogP) is 6.00. The quantitative estimate of drug-likeness (QED) is 0.490. The van der Waals surface area contributed by atoms with Crippen LogP contribution in [0, 0.1) is 4.91 Å². The summed E-state index contributed by atoms with van der Waals surface area (Å²) in [7, 11) is 1.73. The molecule has 0 fully saturated rings. The number of benzene rings is 2. The van der Waals surface area contributed by atoms with Crippen LogP contribution in [0.5, 0.6) is 0 Å². The van der Waals surface area contributed by atoms with Crippen molar-refractivity contribution in [2.24, 2.45) is 5.29 Å². The standard InChI is InChI=1S/C17H16Cl2N2O.ClH/c1-21(20-22)17-9-7-12(13-4-2-3-5-14(13)17)11-6-8-15(18)16(19)10-11;/h2-6,8,10,12,17H,7,9H2,1H3;1H. The summed E-state index contributed by atoms with van der Waals surface area (Å²) < 4.78 is 0. The van der Waals surface area contributed by atoms with Gasteiger partial charge in [0.1, 0.15) is 0 Å². The van der Waals surface area contributed by atoms with Crippen LogP contribution in [0.4, 0.5) is 0 Å². The van der Waals surface area contributed by atoms with E-state index in [1.165, 1.54) is 10.6 Å². The molecule has 0 aromatic heterocycles. The van der Waals surface area contributed by atoms with Crippen molar-refractivity contribution in [1.82, 2.24) is 5.01 Å². The van der Waals surface area contributed by atoms with Gasteiger partial charge in [0.15, 0.2) is 0 Å². The summed E-state index contributed by atoms with van der Waals surface area (Å²) >= 11 is 12.2. The smallest absolute Gasteiger partial charge is 0.0751 e. The van der Waals surface area contributed by atoms with Gasteiger partial charge in [0.05, 0.1) is 21.4 Å². The molecule has 2 aromatic carbocycles. The van der Waals surface area contributed by atoms with Crippen LogP contribution in [-0.4, -0.2) is 12.1 Å². The van der Waals surface area contributed by atoms with Gasteiger partial charge in [0.25, 0.3) is 0 Å². The van der Waals surface area contributed by atoms with Crippen LogP contribution in [0.25, 0.3) is 0 Å². The SMILES string of the molecule is CN(N=O)C1CCC(c2ccc(Cl)c(Cl)c2)c2ccccc21.Cl. The highest BCUT2D eigenvalue weighted by Gasteiger charge is 2.30. The number of fused-ring (bicyclic) bond motifs is 1. The molecular formula is C17H17Cl3N2O. The Hall–Kier alpha value is -1.29. The van der Waals surface area contributed by atoms with Crippen LogP contribution in [-0.2, 0) is 0 Å². The Labute approximate surface area is 151 Å². The molecule has 0 amide bonds. The van der Waals surface area contributed by atoms with Crippen molar-refractivity contribution in [3.63, 3.8) is 0 Å². The second kappa shape index (κ2) is 7.52. The van der Waals surface area contributed by atoms with Crippen molar-refractivity contribution in [2.75, 3.05) is 7.05 Å². The molecule has 3 nitrogen and oxygen atoms in total. The maximum atomic E-state index is 10.9. The van der Waals surface area contributed by atoms with Gasteiger partial charge in [-0.15, -0.1) is 17.3 Å². The fourth-order valence-corrected chi connectivity index (χ4v) is 3.59. The minimum Gasteiger partial charge on any atom is -0.256 e. The largest absolute Gasteiger partial charge is 0.256 e. The Morgan fingerprint density at radius 1 is 1.04 bits per heavy atom. The molecule has 122 valence electrons. The van der Waals surface area contributed by atoms with E-state index in [0.717, 1.165) is 24.0 Å². The van der Waals surface area contributed by atoms with Crippen molar-refractivity contribution in [3.05, 3.63) is 74.1 Å². The third-order valence-corrected chi connectivity index (χ3v) is 5.12. The monoisotopic (exact) mass is 370 g/mol. The Balaban J connectivity index is 0.00000192. The van der Waals surface area contributed by atoms with E-state index < -0.39 is 0 Å². The Morgan fingerprint density at radius 2 is 1.74 bits per heavy atom. The van der Waals surface area contributed by atoms with Crippen molar-refractivity contribution < 1.29 is 0 Å². The maximum Gasteiger partial charge on any atom is 0.0751 e. The number of hydrogen-bond donors (Lipinski definition) is 0. The van der Waals surface area contributed by atoms with E-state index >= 15 is 0 Å². The van der Waals surface area contributed by atoms with Gasteiger partial charge in [-0.3, -0.25) is 5.01 Å². The van der Waals surface area contributed by atoms with Gasteiger partial charge in [0.2, 0.25) is 0 Å². The number of hydrogen-bond acceptors (Lipinski definition) is 2. The Morgan fingerprint density at radius 3 is 2.39 bits per heavy atom. The van der Waals surface area contributed by atoms with E-state index in [1.807, 2.05) is 30.3 Å². The van der Waals surface area contributed by atoms with Crippen molar-refractivity contribution >= 4 is 35.6 Å². The molecule has 2 atom stereocenters. The van der Waals surface area contributed by atoms with Gasteiger partial charge in [-0.25, -0.2) is 0 Å². The van der Waals surface area contributed by atoms with E-state index in [2.05, 4.69) is 17.4 Å². The molecule has 2 aromatic rings. The van der Waals surface area contributed by atoms with Crippen LogP contribution >= 0.6 is 35.6 Å². The molecule has 0 N–H and O–H groups in total. The fraction of sp³-hybridized carbons (Fsp3) is 0.294. The molecule has 2 unspecified atom stereocenters.